The van der Waals surface area contributed by atoms with E-state index in [0.29, 0.717) is 13.0 Å². The van der Waals surface area contributed by atoms with Gasteiger partial charge in [0.2, 0.25) is 5.91 Å². The number of aryl methyl sites for hydroxylation is 3. The minimum atomic E-state index is -0.228. The second-order valence-corrected chi connectivity index (χ2v) is 10.1. The summed E-state index contributed by atoms with van der Waals surface area (Å²) in [7, 11) is 0. The Labute approximate surface area is 230 Å². The van der Waals surface area contributed by atoms with E-state index in [1.54, 1.807) is 0 Å². The predicted octanol–water partition coefficient (Wildman–Crippen LogP) is 7.21. The van der Waals surface area contributed by atoms with Gasteiger partial charge in [0.25, 0.3) is 0 Å². The highest BCUT2D eigenvalue weighted by atomic mass is 16.5. The van der Waals surface area contributed by atoms with E-state index in [1.807, 2.05) is 55.5 Å². The van der Waals surface area contributed by atoms with Crippen molar-refractivity contribution in [1.29, 1.82) is 0 Å². The molecule has 5 heteroatoms. The number of nitrogens with zero attached hydrogens (tertiary/aromatic N) is 2. The van der Waals surface area contributed by atoms with E-state index in [4.69, 9.17) is 9.72 Å². The highest BCUT2D eigenvalue weighted by Crippen LogP contribution is 2.23. The summed E-state index contributed by atoms with van der Waals surface area (Å²) in [5, 5.41) is 3.17. The van der Waals surface area contributed by atoms with Crippen LogP contribution in [-0.2, 0) is 17.8 Å². The lowest BCUT2D eigenvalue weighted by atomic mass is 10.0. The van der Waals surface area contributed by atoms with E-state index >= 15 is 0 Å². The van der Waals surface area contributed by atoms with Gasteiger partial charge in [0.1, 0.15) is 11.6 Å². The van der Waals surface area contributed by atoms with Gasteiger partial charge in [0, 0.05) is 6.54 Å². The number of fused-ring (bicyclic) bond motifs is 1. The second-order valence-electron chi connectivity index (χ2n) is 10.1. The number of aromatic nitrogens is 2. The molecule has 0 aliphatic rings. The topological polar surface area (TPSA) is 56.1 Å². The maximum absolute atomic E-state index is 13.0. The molecule has 1 unspecified atom stereocenters. The summed E-state index contributed by atoms with van der Waals surface area (Å²) in [5.74, 6) is 1.77. The van der Waals surface area contributed by atoms with Crippen molar-refractivity contribution in [2.24, 2.45) is 0 Å². The first kappa shape index (κ1) is 26.2. The SMILES string of the molecule is Cc1ccc(C)c(OCCCn2c(C(C)NC(=O)Cc3ccc(-c4ccccc4)cc3)nc3ccccc32)c1. The van der Waals surface area contributed by atoms with Gasteiger partial charge in [0.15, 0.2) is 0 Å². The molecule has 1 aromatic heterocycles. The molecule has 198 valence electrons. The van der Waals surface area contributed by atoms with Crippen molar-refractivity contribution in [2.45, 2.75) is 46.2 Å². The number of imidazole rings is 1. The van der Waals surface area contributed by atoms with Crippen molar-refractivity contribution in [2.75, 3.05) is 6.61 Å². The fourth-order valence-corrected chi connectivity index (χ4v) is 4.92. The van der Waals surface area contributed by atoms with Gasteiger partial charge in [-0.25, -0.2) is 4.98 Å². The molecule has 0 saturated carbocycles. The van der Waals surface area contributed by atoms with Crippen molar-refractivity contribution < 1.29 is 9.53 Å². The molecular weight excluding hydrogens is 482 g/mol. The Hall–Kier alpha value is -4.38. The van der Waals surface area contributed by atoms with Crippen LogP contribution in [0, 0.1) is 13.8 Å². The lowest BCUT2D eigenvalue weighted by molar-refractivity contribution is -0.121. The lowest BCUT2D eigenvalue weighted by Gasteiger charge is -2.17. The smallest absolute Gasteiger partial charge is 0.224 e. The molecule has 5 rings (SSSR count). The van der Waals surface area contributed by atoms with Crippen LogP contribution in [0.4, 0.5) is 0 Å². The van der Waals surface area contributed by atoms with E-state index in [2.05, 4.69) is 72.3 Å². The average molecular weight is 518 g/mol. The summed E-state index contributed by atoms with van der Waals surface area (Å²) in [5.41, 5.74) is 7.62. The largest absolute Gasteiger partial charge is 0.493 e. The summed E-state index contributed by atoms with van der Waals surface area (Å²) >= 11 is 0. The van der Waals surface area contributed by atoms with Gasteiger partial charge >= 0.3 is 0 Å². The van der Waals surface area contributed by atoms with Gasteiger partial charge < -0.3 is 14.6 Å². The van der Waals surface area contributed by atoms with Crippen molar-refractivity contribution in [3.63, 3.8) is 0 Å². The summed E-state index contributed by atoms with van der Waals surface area (Å²) in [6.07, 6.45) is 1.15. The highest BCUT2D eigenvalue weighted by molar-refractivity contribution is 5.80. The van der Waals surface area contributed by atoms with Gasteiger partial charge in [0.05, 0.1) is 30.1 Å². The molecule has 5 nitrogen and oxygen atoms in total. The van der Waals surface area contributed by atoms with Gasteiger partial charge in [-0.05, 0) is 73.2 Å². The molecule has 1 N–H and O–H groups in total. The first-order chi connectivity index (χ1) is 19.0. The first-order valence-corrected chi connectivity index (χ1v) is 13.6. The van der Waals surface area contributed by atoms with E-state index < -0.39 is 0 Å². The standard InChI is InChI=1S/C34H35N3O2/c1-24-14-15-25(2)32(22-24)39-21-9-20-37-31-13-8-7-12-30(31)36-34(37)26(3)35-33(38)23-27-16-18-29(19-17-27)28-10-5-4-6-11-28/h4-8,10-19,22,26H,9,20-21,23H2,1-3H3,(H,35,38). The zero-order chi connectivity index (χ0) is 27.2. The summed E-state index contributed by atoms with van der Waals surface area (Å²) in [6.45, 7) is 7.50. The molecule has 1 heterocycles. The minimum absolute atomic E-state index is 0.0215. The van der Waals surface area contributed by atoms with Crippen LogP contribution >= 0.6 is 0 Å². The molecule has 1 amide bonds. The van der Waals surface area contributed by atoms with E-state index in [1.165, 1.54) is 11.1 Å². The number of para-hydroxylation sites is 2. The monoisotopic (exact) mass is 517 g/mol. The van der Waals surface area contributed by atoms with Gasteiger partial charge in [-0.15, -0.1) is 0 Å². The van der Waals surface area contributed by atoms with Crippen LogP contribution in [0.5, 0.6) is 5.75 Å². The van der Waals surface area contributed by atoms with Gasteiger partial charge in [-0.2, -0.15) is 0 Å². The third-order valence-electron chi connectivity index (χ3n) is 7.00. The molecule has 0 aliphatic carbocycles. The number of carbonyl (C=O) groups excluding carboxylic acids is 1. The first-order valence-electron chi connectivity index (χ1n) is 13.6. The second kappa shape index (κ2) is 12.0. The third kappa shape index (κ3) is 6.37. The Morgan fingerprint density at radius 2 is 1.62 bits per heavy atom. The number of ether oxygens (including phenoxy) is 1. The molecule has 0 fully saturated rings. The quantitative estimate of drug-likeness (QED) is 0.199. The van der Waals surface area contributed by atoms with E-state index in [0.717, 1.165) is 52.3 Å². The predicted molar refractivity (Wildman–Crippen MR) is 158 cm³/mol. The van der Waals surface area contributed by atoms with E-state index in [-0.39, 0.29) is 11.9 Å². The molecule has 39 heavy (non-hydrogen) atoms. The summed E-state index contributed by atoms with van der Waals surface area (Å²) in [4.78, 5) is 17.9. The Kier molecular flexibility index (Phi) is 8.07. The van der Waals surface area contributed by atoms with Crippen LogP contribution in [0.2, 0.25) is 0 Å². The lowest BCUT2D eigenvalue weighted by Crippen LogP contribution is -2.30. The molecular formula is C34H35N3O2. The molecule has 0 radical (unpaired) electrons. The number of carbonyl (C=O) groups is 1. The van der Waals surface area contributed by atoms with Crippen LogP contribution in [-0.4, -0.2) is 22.1 Å². The molecule has 0 aliphatic heterocycles. The van der Waals surface area contributed by atoms with Crippen LogP contribution in [0.3, 0.4) is 0 Å². The number of benzene rings is 4. The fraction of sp³-hybridized carbons (Fsp3) is 0.235. The van der Waals surface area contributed by atoms with Crippen LogP contribution in [0.25, 0.3) is 22.2 Å². The van der Waals surface area contributed by atoms with Crippen molar-refractivity contribution in [3.05, 3.63) is 120 Å². The number of hydrogen-bond acceptors (Lipinski definition) is 3. The number of hydrogen-bond donors (Lipinski definition) is 1. The highest BCUT2D eigenvalue weighted by Gasteiger charge is 2.18. The zero-order valence-electron chi connectivity index (χ0n) is 22.9. The molecule has 0 spiro atoms. The zero-order valence-corrected chi connectivity index (χ0v) is 22.9. The van der Waals surface area contributed by atoms with Crippen molar-refractivity contribution in [1.82, 2.24) is 14.9 Å². The maximum atomic E-state index is 13.0. The molecule has 0 bridgehead atoms. The number of nitrogens with one attached hydrogen (secondary N) is 1. The van der Waals surface area contributed by atoms with Crippen LogP contribution in [0.15, 0.2) is 97.1 Å². The van der Waals surface area contributed by atoms with Gasteiger partial charge in [-0.1, -0.05) is 78.9 Å². The molecule has 1 atom stereocenters. The Balaban J connectivity index is 1.23. The number of amides is 1. The molecule has 4 aromatic carbocycles. The molecule has 5 aromatic rings. The Bertz CT molecular complexity index is 1560. The molecule has 0 saturated heterocycles. The van der Waals surface area contributed by atoms with Crippen molar-refractivity contribution >= 4 is 16.9 Å². The van der Waals surface area contributed by atoms with E-state index in [9.17, 15) is 4.79 Å². The fourth-order valence-electron chi connectivity index (χ4n) is 4.92. The minimum Gasteiger partial charge on any atom is -0.493 e. The third-order valence-corrected chi connectivity index (χ3v) is 7.00. The summed E-state index contributed by atoms with van der Waals surface area (Å²) in [6, 6.07) is 32.6. The normalized spacial score (nSPS) is 11.9. The van der Waals surface area contributed by atoms with Crippen molar-refractivity contribution in [3.8, 4) is 16.9 Å². The maximum Gasteiger partial charge on any atom is 0.224 e. The number of rotatable bonds is 10. The Morgan fingerprint density at radius 3 is 2.41 bits per heavy atom. The Morgan fingerprint density at radius 1 is 0.897 bits per heavy atom. The summed E-state index contributed by atoms with van der Waals surface area (Å²) < 4.78 is 8.30. The van der Waals surface area contributed by atoms with Gasteiger partial charge in [-0.3, -0.25) is 4.79 Å². The average Bonchev–Trinajstić information content (AvgIpc) is 3.32. The van der Waals surface area contributed by atoms with Crippen LogP contribution < -0.4 is 10.1 Å². The van der Waals surface area contributed by atoms with Crippen LogP contribution in [0.1, 0.15) is 41.9 Å².